The highest BCUT2D eigenvalue weighted by atomic mass is 79.9. The van der Waals surface area contributed by atoms with Gasteiger partial charge in [0.05, 0.1) is 30.2 Å². The van der Waals surface area contributed by atoms with E-state index in [-0.39, 0.29) is 12.8 Å². The number of nitrogens with two attached hydrogens (primary N) is 1. The summed E-state index contributed by atoms with van der Waals surface area (Å²) in [5.41, 5.74) is 6.80. The van der Waals surface area contributed by atoms with Crippen molar-refractivity contribution in [3.63, 3.8) is 0 Å². The summed E-state index contributed by atoms with van der Waals surface area (Å²) >= 11 is 9.18. The lowest BCUT2D eigenvalue weighted by atomic mass is 9.96. The number of aliphatic carboxylic acids is 1. The van der Waals surface area contributed by atoms with Crippen molar-refractivity contribution in [2.75, 3.05) is 12.8 Å². The fourth-order valence-corrected chi connectivity index (χ4v) is 2.52. The van der Waals surface area contributed by atoms with Gasteiger partial charge in [-0.3, -0.25) is 9.59 Å². The first-order valence-corrected chi connectivity index (χ1v) is 6.55. The molecular weight excluding hydrogens is 337 g/mol. The molecular formula is C12H13BrClNO4. The van der Waals surface area contributed by atoms with Gasteiger partial charge in [-0.1, -0.05) is 11.6 Å². The van der Waals surface area contributed by atoms with E-state index in [4.69, 9.17) is 22.4 Å². The molecule has 0 heterocycles. The molecule has 19 heavy (non-hydrogen) atoms. The molecule has 0 aliphatic heterocycles. The maximum absolute atomic E-state index is 11.5. The van der Waals surface area contributed by atoms with Crippen molar-refractivity contribution in [2.24, 2.45) is 5.92 Å². The number of esters is 1. The second kappa shape index (κ2) is 6.77. The lowest BCUT2D eigenvalue weighted by molar-refractivity contribution is -0.150. The number of hydrogen-bond donors (Lipinski definition) is 2. The molecule has 0 aliphatic carbocycles. The van der Waals surface area contributed by atoms with Crippen LogP contribution in [0.15, 0.2) is 16.6 Å². The van der Waals surface area contributed by atoms with Crippen LogP contribution >= 0.6 is 27.5 Å². The molecule has 0 fully saturated rings. The standard InChI is InChI=1S/C12H13BrClNO4/c1-19-12(18)7(5-10(16)17)2-6-3-8(13)11(15)9(14)4-6/h3-4,7H,2,5,15H2,1H3,(H,16,17)/t7-/m0/s1. The third kappa shape index (κ3) is 4.40. The summed E-state index contributed by atoms with van der Waals surface area (Å²) in [5.74, 6) is -2.38. The van der Waals surface area contributed by atoms with E-state index in [9.17, 15) is 9.59 Å². The summed E-state index contributed by atoms with van der Waals surface area (Å²) < 4.78 is 5.20. The molecule has 0 amide bonds. The highest BCUT2D eigenvalue weighted by Crippen LogP contribution is 2.30. The van der Waals surface area contributed by atoms with Crippen molar-refractivity contribution in [3.05, 3.63) is 27.2 Å². The molecule has 0 spiro atoms. The molecule has 3 N–H and O–H groups in total. The maximum Gasteiger partial charge on any atom is 0.309 e. The quantitative estimate of drug-likeness (QED) is 0.629. The molecule has 0 aromatic heterocycles. The van der Waals surface area contributed by atoms with Crippen LogP contribution in [0.4, 0.5) is 5.69 Å². The molecule has 0 saturated carbocycles. The van der Waals surface area contributed by atoms with Gasteiger partial charge in [0.1, 0.15) is 0 Å². The number of carbonyl (C=O) groups is 2. The van der Waals surface area contributed by atoms with Crippen LogP contribution in [0.3, 0.4) is 0 Å². The Labute approximate surface area is 123 Å². The highest BCUT2D eigenvalue weighted by molar-refractivity contribution is 9.10. The number of nitrogen functional groups attached to an aromatic ring is 1. The number of halogens is 2. The zero-order valence-corrected chi connectivity index (χ0v) is 12.5. The zero-order valence-electron chi connectivity index (χ0n) is 10.2. The predicted molar refractivity (Wildman–Crippen MR) is 75.0 cm³/mol. The van der Waals surface area contributed by atoms with Crippen molar-refractivity contribution < 1.29 is 19.4 Å². The fourth-order valence-electron chi connectivity index (χ4n) is 1.66. The minimum absolute atomic E-state index is 0.220. The second-order valence-electron chi connectivity index (χ2n) is 4.00. The van der Waals surface area contributed by atoms with E-state index < -0.39 is 17.9 Å². The van der Waals surface area contributed by atoms with Gasteiger partial charge in [-0.25, -0.2) is 0 Å². The molecule has 0 unspecified atom stereocenters. The van der Waals surface area contributed by atoms with Crippen LogP contribution in [0, 0.1) is 5.92 Å². The van der Waals surface area contributed by atoms with Crippen LogP contribution < -0.4 is 5.73 Å². The lowest BCUT2D eigenvalue weighted by Crippen LogP contribution is -2.22. The Balaban J connectivity index is 2.96. The number of carboxylic acids is 1. The molecule has 1 atom stereocenters. The monoisotopic (exact) mass is 349 g/mol. The highest BCUT2D eigenvalue weighted by Gasteiger charge is 2.23. The van der Waals surface area contributed by atoms with E-state index in [2.05, 4.69) is 20.7 Å². The van der Waals surface area contributed by atoms with Gasteiger partial charge in [-0.15, -0.1) is 0 Å². The fraction of sp³-hybridized carbons (Fsp3) is 0.333. The Morgan fingerprint density at radius 2 is 2.16 bits per heavy atom. The number of carbonyl (C=O) groups excluding carboxylic acids is 1. The van der Waals surface area contributed by atoms with E-state index in [1.54, 1.807) is 12.1 Å². The minimum atomic E-state index is -1.06. The Morgan fingerprint density at radius 1 is 1.53 bits per heavy atom. The van der Waals surface area contributed by atoms with Gasteiger partial charge in [0, 0.05) is 4.47 Å². The predicted octanol–water partition coefficient (Wildman–Crippen LogP) is 2.49. The number of methoxy groups -OCH3 is 1. The SMILES string of the molecule is COC(=O)[C@H](CC(=O)O)Cc1cc(Cl)c(N)c(Br)c1. The van der Waals surface area contributed by atoms with Crippen molar-refractivity contribution in [2.45, 2.75) is 12.8 Å². The number of anilines is 1. The van der Waals surface area contributed by atoms with Crippen LogP contribution in [-0.2, 0) is 20.7 Å². The van der Waals surface area contributed by atoms with Crippen molar-refractivity contribution in [1.82, 2.24) is 0 Å². The van der Waals surface area contributed by atoms with Crippen molar-refractivity contribution >= 4 is 45.2 Å². The Kier molecular flexibility index (Phi) is 5.62. The van der Waals surface area contributed by atoms with Crippen LogP contribution in [0.25, 0.3) is 0 Å². The van der Waals surface area contributed by atoms with Gasteiger partial charge < -0.3 is 15.6 Å². The largest absolute Gasteiger partial charge is 0.481 e. The molecule has 104 valence electrons. The smallest absolute Gasteiger partial charge is 0.309 e. The summed E-state index contributed by atoms with van der Waals surface area (Å²) in [6, 6.07) is 3.32. The number of benzene rings is 1. The normalized spacial score (nSPS) is 11.9. The number of ether oxygens (including phenoxy) is 1. The summed E-state index contributed by atoms with van der Waals surface area (Å²) in [7, 11) is 1.23. The average molecular weight is 351 g/mol. The lowest BCUT2D eigenvalue weighted by Gasteiger charge is -2.13. The van der Waals surface area contributed by atoms with Crippen LogP contribution in [0.1, 0.15) is 12.0 Å². The molecule has 0 aliphatic rings. The van der Waals surface area contributed by atoms with E-state index >= 15 is 0 Å². The molecule has 1 aromatic rings. The van der Waals surface area contributed by atoms with Gasteiger partial charge in [0.2, 0.25) is 0 Å². The maximum atomic E-state index is 11.5. The Hall–Kier alpha value is -1.27. The third-order valence-electron chi connectivity index (χ3n) is 2.58. The average Bonchev–Trinajstić information content (AvgIpc) is 2.33. The van der Waals surface area contributed by atoms with Gasteiger partial charge in [-0.2, -0.15) is 0 Å². The number of carboxylic acid groups (broad SMARTS) is 1. The van der Waals surface area contributed by atoms with Crippen molar-refractivity contribution in [3.8, 4) is 0 Å². The molecule has 7 heteroatoms. The minimum Gasteiger partial charge on any atom is -0.481 e. The number of rotatable bonds is 5. The Morgan fingerprint density at radius 3 is 2.63 bits per heavy atom. The Bertz CT molecular complexity index is 483. The first-order chi connectivity index (χ1) is 8.85. The topological polar surface area (TPSA) is 89.6 Å². The van der Waals surface area contributed by atoms with Crippen LogP contribution in [0.2, 0.25) is 5.02 Å². The first-order valence-electron chi connectivity index (χ1n) is 5.38. The second-order valence-corrected chi connectivity index (χ2v) is 5.26. The van der Waals surface area contributed by atoms with Gasteiger partial charge in [-0.05, 0) is 40.0 Å². The molecule has 5 nitrogen and oxygen atoms in total. The summed E-state index contributed by atoms with van der Waals surface area (Å²) in [6.07, 6.45) is -0.0795. The molecule has 0 radical (unpaired) electrons. The van der Waals surface area contributed by atoms with Crippen molar-refractivity contribution in [1.29, 1.82) is 0 Å². The van der Waals surface area contributed by atoms with Gasteiger partial charge >= 0.3 is 11.9 Å². The van der Waals surface area contributed by atoms with E-state index in [0.717, 1.165) is 0 Å². The van der Waals surface area contributed by atoms with Gasteiger partial charge in [0.15, 0.2) is 0 Å². The van der Waals surface area contributed by atoms with Crippen LogP contribution in [-0.4, -0.2) is 24.2 Å². The molecule has 0 saturated heterocycles. The molecule has 1 aromatic carbocycles. The summed E-state index contributed by atoms with van der Waals surface area (Å²) in [6.45, 7) is 0. The van der Waals surface area contributed by atoms with Crippen LogP contribution in [0.5, 0.6) is 0 Å². The zero-order chi connectivity index (χ0) is 14.6. The first kappa shape index (κ1) is 15.8. The van der Waals surface area contributed by atoms with E-state index in [0.29, 0.717) is 20.7 Å². The summed E-state index contributed by atoms with van der Waals surface area (Å²) in [4.78, 5) is 22.3. The number of hydrogen-bond acceptors (Lipinski definition) is 4. The van der Waals surface area contributed by atoms with E-state index in [1.165, 1.54) is 7.11 Å². The molecule has 0 bridgehead atoms. The third-order valence-corrected chi connectivity index (χ3v) is 3.55. The van der Waals surface area contributed by atoms with E-state index in [1.807, 2.05) is 0 Å². The summed E-state index contributed by atoms with van der Waals surface area (Å²) in [5, 5.41) is 9.15. The molecule has 1 rings (SSSR count). The van der Waals surface area contributed by atoms with Gasteiger partial charge in [0.25, 0.3) is 0 Å².